The van der Waals surface area contributed by atoms with Gasteiger partial charge in [0.2, 0.25) is 5.91 Å². The van der Waals surface area contributed by atoms with Crippen molar-refractivity contribution in [3.8, 4) is 11.1 Å². The molecule has 2 amide bonds. The fraction of sp³-hybridized carbons (Fsp3) is 0.423. The molecule has 33 heavy (non-hydrogen) atoms. The van der Waals surface area contributed by atoms with E-state index in [0.29, 0.717) is 19.4 Å². The Kier molecular flexibility index (Phi) is 6.96. The van der Waals surface area contributed by atoms with Crippen LogP contribution in [0.1, 0.15) is 49.7 Å². The number of alkyl carbamates (subject to hydrolysis) is 1. The van der Waals surface area contributed by atoms with E-state index < -0.39 is 18.1 Å². The van der Waals surface area contributed by atoms with Gasteiger partial charge in [0.15, 0.2) is 0 Å². The first-order valence-corrected chi connectivity index (χ1v) is 11.6. The molecule has 2 aliphatic carbocycles. The Hall–Kier alpha value is -3.35. The van der Waals surface area contributed by atoms with Gasteiger partial charge in [0.25, 0.3) is 0 Å². The van der Waals surface area contributed by atoms with Crippen molar-refractivity contribution < 1.29 is 24.2 Å². The van der Waals surface area contributed by atoms with Crippen molar-refractivity contribution in [1.82, 2.24) is 10.6 Å². The zero-order chi connectivity index (χ0) is 23.4. The molecule has 7 nitrogen and oxygen atoms in total. The Morgan fingerprint density at radius 2 is 1.55 bits per heavy atom. The van der Waals surface area contributed by atoms with Crippen molar-refractivity contribution in [3.05, 3.63) is 59.7 Å². The highest BCUT2D eigenvalue weighted by atomic mass is 16.5. The third-order valence-electron chi connectivity index (χ3n) is 6.83. The molecular weight excluding hydrogens is 420 g/mol. The quantitative estimate of drug-likeness (QED) is 0.593. The molecule has 1 fully saturated rings. The van der Waals surface area contributed by atoms with E-state index in [0.717, 1.165) is 35.1 Å². The van der Waals surface area contributed by atoms with Gasteiger partial charge in [-0.1, -0.05) is 48.5 Å². The first kappa shape index (κ1) is 22.8. The summed E-state index contributed by atoms with van der Waals surface area (Å²) in [4.78, 5) is 35.8. The van der Waals surface area contributed by atoms with E-state index in [-0.39, 0.29) is 30.3 Å². The number of nitrogens with one attached hydrogen (secondary N) is 2. The molecule has 1 saturated carbocycles. The molecule has 2 aromatic carbocycles. The Morgan fingerprint density at radius 3 is 2.12 bits per heavy atom. The maximum absolute atomic E-state index is 12.4. The highest BCUT2D eigenvalue weighted by molar-refractivity contribution is 5.85. The minimum absolute atomic E-state index is 0.0341. The van der Waals surface area contributed by atoms with Gasteiger partial charge >= 0.3 is 12.1 Å². The SMILES string of the molecule is C[C@H](NC(=O)OCC1c2ccccc2-c2ccccc21)C(=O)NCC1CCC(C(=O)O)CC1. The molecule has 4 rings (SSSR count). The smallest absolute Gasteiger partial charge is 0.407 e. The molecule has 0 bridgehead atoms. The van der Waals surface area contributed by atoms with Crippen LogP contribution in [0.25, 0.3) is 11.1 Å². The number of carbonyl (C=O) groups is 3. The Bertz CT molecular complexity index is 983. The number of carboxylic acids is 1. The van der Waals surface area contributed by atoms with Crippen LogP contribution in [0.5, 0.6) is 0 Å². The topological polar surface area (TPSA) is 105 Å². The average Bonchev–Trinajstić information content (AvgIpc) is 3.15. The molecule has 174 valence electrons. The molecule has 0 aromatic heterocycles. The van der Waals surface area contributed by atoms with Crippen LogP contribution in [-0.4, -0.2) is 42.3 Å². The number of carbonyl (C=O) groups excluding carboxylic acids is 2. The molecule has 7 heteroatoms. The summed E-state index contributed by atoms with van der Waals surface area (Å²) in [5, 5.41) is 14.6. The summed E-state index contributed by atoms with van der Waals surface area (Å²) in [5.74, 6) is -1.05. The number of hydrogen-bond acceptors (Lipinski definition) is 4. The van der Waals surface area contributed by atoms with Crippen LogP contribution in [0.4, 0.5) is 4.79 Å². The van der Waals surface area contributed by atoms with E-state index in [9.17, 15) is 14.4 Å². The summed E-state index contributed by atoms with van der Waals surface area (Å²) in [6.45, 7) is 2.31. The first-order valence-electron chi connectivity index (χ1n) is 11.6. The second kappa shape index (κ2) is 10.1. The number of carboxylic acid groups (broad SMARTS) is 1. The molecule has 2 aromatic rings. The molecule has 0 aliphatic heterocycles. The van der Waals surface area contributed by atoms with Gasteiger partial charge in [0, 0.05) is 12.5 Å². The largest absolute Gasteiger partial charge is 0.481 e. The molecule has 1 atom stereocenters. The lowest BCUT2D eigenvalue weighted by atomic mass is 9.82. The lowest BCUT2D eigenvalue weighted by molar-refractivity contribution is -0.143. The predicted molar refractivity (Wildman–Crippen MR) is 124 cm³/mol. The van der Waals surface area contributed by atoms with Crippen LogP contribution in [0.15, 0.2) is 48.5 Å². The molecule has 3 N–H and O–H groups in total. The summed E-state index contributed by atoms with van der Waals surface area (Å²) in [6, 6.07) is 15.5. The third-order valence-corrected chi connectivity index (χ3v) is 6.83. The summed E-state index contributed by atoms with van der Waals surface area (Å²) in [5.41, 5.74) is 4.59. The fourth-order valence-electron chi connectivity index (χ4n) is 4.89. The van der Waals surface area contributed by atoms with Crippen molar-refractivity contribution >= 4 is 18.0 Å². The van der Waals surface area contributed by atoms with Crippen molar-refractivity contribution in [2.75, 3.05) is 13.2 Å². The number of benzene rings is 2. The maximum atomic E-state index is 12.4. The van der Waals surface area contributed by atoms with E-state index >= 15 is 0 Å². The van der Waals surface area contributed by atoms with Crippen LogP contribution < -0.4 is 10.6 Å². The van der Waals surface area contributed by atoms with Crippen LogP contribution in [-0.2, 0) is 14.3 Å². The van der Waals surface area contributed by atoms with E-state index in [2.05, 4.69) is 34.9 Å². The zero-order valence-electron chi connectivity index (χ0n) is 18.8. The van der Waals surface area contributed by atoms with Gasteiger partial charge in [-0.3, -0.25) is 9.59 Å². The number of amides is 2. The Balaban J connectivity index is 1.24. The van der Waals surface area contributed by atoms with E-state index in [1.165, 1.54) is 0 Å². The van der Waals surface area contributed by atoms with Crippen LogP contribution >= 0.6 is 0 Å². The number of fused-ring (bicyclic) bond motifs is 3. The van der Waals surface area contributed by atoms with Crippen molar-refractivity contribution in [3.63, 3.8) is 0 Å². The van der Waals surface area contributed by atoms with Gasteiger partial charge in [-0.25, -0.2) is 4.79 Å². The average molecular weight is 451 g/mol. The summed E-state index contributed by atoms with van der Waals surface area (Å²) in [7, 11) is 0. The number of aliphatic carboxylic acids is 1. The van der Waals surface area contributed by atoms with Crippen molar-refractivity contribution in [2.45, 2.75) is 44.6 Å². The second-order valence-electron chi connectivity index (χ2n) is 8.99. The van der Waals surface area contributed by atoms with Crippen molar-refractivity contribution in [1.29, 1.82) is 0 Å². The Labute approximate surface area is 193 Å². The standard InChI is InChI=1S/C26H30N2O5/c1-16(24(29)27-14-17-10-12-18(13-11-17)25(30)31)28-26(32)33-15-23-21-8-4-2-6-19(21)20-7-3-5-9-22(20)23/h2-9,16-18,23H,10-15H2,1H3,(H,27,29)(H,28,32)(H,30,31)/t16-,17?,18?/m0/s1. The Morgan fingerprint density at radius 1 is 0.970 bits per heavy atom. The predicted octanol–water partition coefficient (Wildman–Crippen LogP) is 3.92. The molecule has 0 radical (unpaired) electrons. The molecular formula is C26H30N2O5. The summed E-state index contributed by atoms with van der Waals surface area (Å²) < 4.78 is 5.50. The maximum Gasteiger partial charge on any atom is 0.407 e. The van der Waals surface area contributed by atoms with Crippen molar-refractivity contribution in [2.24, 2.45) is 11.8 Å². The van der Waals surface area contributed by atoms with Gasteiger partial charge in [0.1, 0.15) is 12.6 Å². The van der Waals surface area contributed by atoms with E-state index in [4.69, 9.17) is 9.84 Å². The molecule has 0 unspecified atom stereocenters. The normalized spacial score (nSPS) is 20.3. The highest BCUT2D eigenvalue weighted by Gasteiger charge is 2.30. The summed E-state index contributed by atoms with van der Waals surface area (Å²) >= 11 is 0. The highest BCUT2D eigenvalue weighted by Crippen LogP contribution is 2.44. The number of ether oxygens (including phenoxy) is 1. The zero-order valence-corrected chi connectivity index (χ0v) is 18.8. The minimum atomic E-state index is -0.738. The molecule has 2 aliphatic rings. The first-order chi connectivity index (χ1) is 15.9. The van der Waals surface area contributed by atoms with E-state index in [1.54, 1.807) is 6.92 Å². The van der Waals surface area contributed by atoms with E-state index in [1.807, 2.05) is 24.3 Å². The number of hydrogen-bond donors (Lipinski definition) is 3. The molecule has 0 saturated heterocycles. The van der Waals surface area contributed by atoms with Gasteiger partial charge in [-0.15, -0.1) is 0 Å². The van der Waals surface area contributed by atoms with Gasteiger partial charge in [-0.2, -0.15) is 0 Å². The second-order valence-corrected chi connectivity index (χ2v) is 8.99. The van der Waals surface area contributed by atoms with Crippen LogP contribution in [0, 0.1) is 11.8 Å². The van der Waals surface area contributed by atoms with Gasteiger partial charge < -0.3 is 20.5 Å². The van der Waals surface area contributed by atoms with Crippen LogP contribution in [0.3, 0.4) is 0 Å². The lowest BCUT2D eigenvalue weighted by Crippen LogP contribution is -2.46. The van der Waals surface area contributed by atoms with Gasteiger partial charge in [-0.05, 0) is 60.8 Å². The minimum Gasteiger partial charge on any atom is -0.481 e. The monoisotopic (exact) mass is 450 g/mol. The van der Waals surface area contributed by atoms with Gasteiger partial charge in [0.05, 0.1) is 5.92 Å². The van der Waals surface area contributed by atoms with Crippen LogP contribution in [0.2, 0.25) is 0 Å². The lowest BCUT2D eigenvalue weighted by Gasteiger charge is -2.26. The number of rotatable bonds is 7. The molecule has 0 spiro atoms. The third kappa shape index (κ3) is 5.18. The molecule has 0 heterocycles. The summed E-state index contributed by atoms with van der Waals surface area (Å²) in [6.07, 6.45) is 2.23. The fourth-order valence-corrected chi connectivity index (χ4v) is 4.89.